The Morgan fingerprint density at radius 3 is 2.50 bits per heavy atom. The van der Waals surface area contributed by atoms with Crippen LogP contribution in [-0.2, 0) is 6.54 Å². The number of rotatable bonds is 5. The molecule has 3 aromatic carbocycles. The number of halogens is 1. The zero-order chi connectivity index (χ0) is 19.5. The maximum absolute atomic E-state index is 13.2. The van der Waals surface area contributed by atoms with E-state index >= 15 is 0 Å². The number of fused-ring (bicyclic) bond motifs is 1. The molecule has 0 fully saturated rings. The second kappa shape index (κ2) is 7.86. The van der Waals surface area contributed by atoms with Gasteiger partial charge in [-0.2, -0.15) is 0 Å². The first-order valence-electron chi connectivity index (χ1n) is 8.80. The summed E-state index contributed by atoms with van der Waals surface area (Å²) in [6.07, 6.45) is 0. The molecular weight excluding hydrogens is 418 g/mol. The van der Waals surface area contributed by atoms with Crippen LogP contribution >= 0.6 is 15.9 Å². The van der Waals surface area contributed by atoms with Crippen molar-refractivity contribution in [3.8, 4) is 11.4 Å². The fourth-order valence-corrected chi connectivity index (χ4v) is 3.38. The van der Waals surface area contributed by atoms with E-state index in [0.717, 1.165) is 21.5 Å². The minimum Gasteiger partial charge on any atom is -0.497 e. The van der Waals surface area contributed by atoms with Crippen LogP contribution in [0.25, 0.3) is 16.6 Å². The van der Waals surface area contributed by atoms with Crippen LogP contribution in [0.5, 0.6) is 5.75 Å². The number of aromatic nitrogens is 2. The van der Waals surface area contributed by atoms with Crippen molar-refractivity contribution in [2.24, 2.45) is 0 Å². The van der Waals surface area contributed by atoms with Crippen molar-refractivity contribution in [3.05, 3.63) is 93.2 Å². The molecule has 4 rings (SSSR count). The summed E-state index contributed by atoms with van der Waals surface area (Å²) in [7, 11) is 1.64. The van der Waals surface area contributed by atoms with Crippen LogP contribution in [0.1, 0.15) is 5.56 Å². The Morgan fingerprint density at radius 1 is 1.04 bits per heavy atom. The standard InChI is InChI=1S/C22H18BrN3O2/c1-28-18-10-7-15(8-11-18)14-24-22-25-20-12-9-16(23)13-19(20)21(27)26(22)17-5-3-2-4-6-17/h2-13H,14H2,1H3,(H,24,25). The third kappa shape index (κ3) is 3.64. The maximum Gasteiger partial charge on any atom is 0.267 e. The van der Waals surface area contributed by atoms with Crippen molar-refractivity contribution in [2.75, 3.05) is 12.4 Å². The van der Waals surface area contributed by atoms with Gasteiger partial charge in [0.25, 0.3) is 5.56 Å². The number of ether oxygens (including phenoxy) is 1. The minimum atomic E-state index is -0.116. The summed E-state index contributed by atoms with van der Waals surface area (Å²) >= 11 is 3.44. The van der Waals surface area contributed by atoms with E-state index in [4.69, 9.17) is 9.72 Å². The number of hydrogen-bond donors (Lipinski definition) is 1. The zero-order valence-electron chi connectivity index (χ0n) is 15.2. The lowest BCUT2D eigenvalue weighted by atomic mass is 10.2. The molecule has 0 saturated carbocycles. The average molecular weight is 436 g/mol. The zero-order valence-corrected chi connectivity index (χ0v) is 16.8. The maximum atomic E-state index is 13.2. The predicted octanol–water partition coefficient (Wildman–Crippen LogP) is 4.77. The van der Waals surface area contributed by atoms with Gasteiger partial charge in [-0.1, -0.05) is 46.3 Å². The summed E-state index contributed by atoms with van der Waals surface area (Å²) < 4.78 is 7.65. The SMILES string of the molecule is COc1ccc(CNc2nc3ccc(Br)cc3c(=O)n2-c2ccccc2)cc1. The van der Waals surface area contributed by atoms with E-state index in [1.165, 1.54) is 0 Å². The molecule has 0 atom stereocenters. The molecule has 0 spiro atoms. The molecular formula is C22H18BrN3O2. The van der Waals surface area contributed by atoms with Gasteiger partial charge < -0.3 is 10.1 Å². The highest BCUT2D eigenvalue weighted by Gasteiger charge is 2.13. The molecule has 1 heterocycles. The number of nitrogens with one attached hydrogen (secondary N) is 1. The van der Waals surface area contributed by atoms with Gasteiger partial charge in [0, 0.05) is 11.0 Å². The lowest BCUT2D eigenvalue weighted by Crippen LogP contribution is -2.23. The second-order valence-electron chi connectivity index (χ2n) is 6.27. The van der Waals surface area contributed by atoms with Crippen LogP contribution in [0.3, 0.4) is 0 Å². The predicted molar refractivity (Wildman–Crippen MR) is 115 cm³/mol. The molecule has 0 unspecified atom stereocenters. The summed E-state index contributed by atoms with van der Waals surface area (Å²) in [6.45, 7) is 0.533. The van der Waals surface area contributed by atoms with Crippen molar-refractivity contribution in [1.82, 2.24) is 9.55 Å². The van der Waals surface area contributed by atoms with Gasteiger partial charge in [-0.25, -0.2) is 9.55 Å². The van der Waals surface area contributed by atoms with Crippen LogP contribution in [0, 0.1) is 0 Å². The quantitative estimate of drug-likeness (QED) is 0.490. The van der Waals surface area contributed by atoms with Gasteiger partial charge in [0.2, 0.25) is 5.95 Å². The highest BCUT2D eigenvalue weighted by Crippen LogP contribution is 2.20. The lowest BCUT2D eigenvalue weighted by molar-refractivity contribution is 0.414. The summed E-state index contributed by atoms with van der Waals surface area (Å²) in [5.41, 5.74) is 2.36. The van der Waals surface area contributed by atoms with E-state index < -0.39 is 0 Å². The number of nitrogens with zero attached hydrogens (tertiary/aromatic N) is 2. The Balaban J connectivity index is 1.79. The van der Waals surface area contributed by atoms with Crippen LogP contribution < -0.4 is 15.6 Å². The van der Waals surface area contributed by atoms with Crippen molar-refractivity contribution >= 4 is 32.8 Å². The molecule has 28 heavy (non-hydrogen) atoms. The molecule has 4 aromatic rings. The van der Waals surface area contributed by atoms with Gasteiger partial charge in [-0.05, 0) is 48.0 Å². The van der Waals surface area contributed by atoms with E-state index in [9.17, 15) is 4.79 Å². The summed E-state index contributed by atoms with van der Waals surface area (Å²) in [4.78, 5) is 18.0. The molecule has 0 aliphatic rings. The Hall–Kier alpha value is -3.12. The van der Waals surface area contributed by atoms with Crippen LogP contribution in [0.4, 0.5) is 5.95 Å². The third-order valence-electron chi connectivity index (χ3n) is 4.45. The van der Waals surface area contributed by atoms with E-state index in [-0.39, 0.29) is 5.56 Å². The highest BCUT2D eigenvalue weighted by atomic mass is 79.9. The first-order chi connectivity index (χ1) is 13.7. The summed E-state index contributed by atoms with van der Waals surface area (Å²) in [6, 6.07) is 22.8. The molecule has 0 radical (unpaired) electrons. The van der Waals surface area contributed by atoms with Crippen molar-refractivity contribution in [3.63, 3.8) is 0 Å². The first-order valence-corrected chi connectivity index (χ1v) is 9.59. The van der Waals surface area contributed by atoms with Crippen molar-refractivity contribution in [1.29, 1.82) is 0 Å². The molecule has 140 valence electrons. The van der Waals surface area contributed by atoms with E-state index in [0.29, 0.717) is 23.4 Å². The average Bonchev–Trinajstić information content (AvgIpc) is 2.74. The van der Waals surface area contributed by atoms with Crippen molar-refractivity contribution in [2.45, 2.75) is 6.54 Å². The minimum absolute atomic E-state index is 0.116. The summed E-state index contributed by atoms with van der Waals surface area (Å²) in [5.74, 6) is 1.31. The van der Waals surface area contributed by atoms with Crippen LogP contribution in [-0.4, -0.2) is 16.7 Å². The number of para-hydroxylation sites is 1. The molecule has 0 amide bonds. The Labute approximate surface area is 170 Å². The Bertz CT molecular complexity index is 1170. The topological polar surface area (TPSA) is 56.1 Å². The largest absolute Gasteiger partial charge is 0.497 e. The molecule has 6 heteroatoms. The Morgan fingerprint density at radius 2 is 1.79 bits per heavy atom. The van der Waals surface area contributed by atoms with Crippen LogP contribution in [0.15, 0.2) is 82.1 Å². The van der Waals surface area contributed by atoms with Gasteiger partial charge in [0.15, 0.2) is 0 Å². The van der Waals surface area contributed by atoms with E-state index in [2.05, 4.69) is 21.2 Å². The molecule has 1 aromatic heterocycles. The smallest absolute Gasteiger partial charge is 0.267 e. The second-order valence-corrected chi connectivity index (χ2v) is 7.19. The molecule has 0 bridgehead atoms. The third-order valence-corrected chi connectivity index (χ3v) is 4.95. The molecule has 0 saturated heterocycles. The lowest BCUT2D eigenvalue weighted by Gasteiger charge is -2.15. The molecule has 1 N–H and O–H groups in total. The van der Waals surface area contributed by atoms with Gasteiger partial charge in [0.05, 0.1) is 23.7 Å². The van der Waals surface area contributed by atoms with Gasteiger partial charge >= 0.3 is 0 Å². The van der Waals surface area contributed by atoms with Crippen LogP contribution in [0.2, 0.25) is 0 Å². The van der Waals surface area contributed by atoms with E-state index in [1.807, 2.05) is 66.7 Å². The Kier molecular flexibility index (Phi) is 5.12. The molecule has 5 nitrogen and oxygen atoms in total. The molecule has 0 aliphatic carbocycles. The number of benzene rings is 3. The normalized spacial score (nSPS) is 10.8. The van der Waals surface area contributed by atoms with Gasteiger partial charge in [-0.3, -0.25) is 4.79 Å². The van der Waals surface area contributed by atoms with Gasteiger partial charge in [-0.15, -0.1) is 0 Å². The highest BCUT2D eigenvalue weighted by molar-refractivity contribution is 9.10. The number of hydrogen-bond acceptors (Lipinski definition) is 4. The monoisotopic (exact) mass is 435 g/mol. The molecule has 0 aliphatic heterocycles. The summed E-state index contributed by atoms with van der Waals surface area (Å²) in [5, 5.41) is 3.88. The fraction of sp³-hybridized carbons (Fsp3) is 0.0909. The number of anilines is 1. The fourth-order valence-electron chi connectivity index (χ4n) is 3.02. The number of methoxy groups -OCH3 is 1. The van der Waals surface area contributed by atoms with Gasteiger partial charge in [0.1, 0.15) is 5.75 Å². The first kappa shape index (κ1) is 18.3. The van der Waals surface area contributed by atoms with E-state index in [1.54, 1.807) is 17.7 Å². The van der Waals surface area contributed by atoms with Crippen molar-refractivity contribution < 1.29 is 4.74 Å².